The van der Waals surface area contributed by atoms with Gasteiger partial charge in [0.1, 0.15) is 5.75 Å². The number of hydrogen-bond donors (Lipinski definition) is 3. The second-order valence-corrected chi connectivity index (χ2v) is 4.42. The molecule has 3 N–H and O–H groups in total. The third kappa shape index (κ3) is 5.94. The highest BCUT2D eigenvalue weighted by Gasteiger charge is 2.18. The normalized spacial score (nSPS) is 11.8. The lowest BCUT2D eigenvalue weighted by Gasteiger charge is -2.20. The Labute approximate surface area is 126 Å². The first-order chi connectivity index (χ1) is 10.4. The summed E-state index contributed by atoms with van der Waals surface area (Å²) >= 11 is 0. The summed E-state index contributed by atoms with van der Waals surface area (Å²) in [6, 6.07) is 5.10. The first-order valence-corrected chi connectivity index (χ1v) is 6.74. The Kier molecular flexibility index (Phi) is 7.07. The van der Waals surface area contributed by atoms with Gasteiger partial charge >= 0.3 is 18.6 Å². The van der Waals surface area contributed by atoms with Gasteiger partial charge in [0.2, 0.25) is 0 Å². The van der Waals surface area contributed by atoms with Crippen molar-refractivity contribution in [1.82, 2.24) is 10.6 Å². The molecule has 1 unspecified atom stereocenters. The van der Waals surface area contributed by atoms with E-state index in [1.165, 1.54) is 6.07 Å². The van der Waals surface area contributed by atoms with Crippen LogP contribution in [0.1, 0.15) is 31.4 Å². The Bertz CT molecular complexity index is 511. The predicted molar refractivity (Wildman–Crippen MR) is 74.9 cm³/mol. The molecule has 0 aliphatic heterocycles. The van der Waals surface area contributed by atoms with Crippen molar-refractivity contribution in [2.45, 2.75) is 32.4 Å². The van der Waals surface area contributed by atoms with Crippen LogP contribution in [0.4, 0.5) is 13.6 Å². The van der Waals surface area contributed by atoms with Crippen molar-refractivity contribution in [3.63, 3.8) is 0 Å². The van der Waals surface area contributed by atoms with Gasteiger partial charge in [-0.2, -0.15) is 8.78 Å². The second-order valence-electron chi connectivity index (χ2n) is 4.42. The van der Waals surface area contributed by atoms with Gasteiger partial charge in [0.05, 0.1) is 12.5 Å². The molecule has 22 heavy (non-hydrogen) atoms. The summed E-state index contributed by atoms with van der Waals surface area (Å²) in [7, 11) is 0. The molecular weight excluding hydrogens is 298 g/mol. The fourth-order valence-electron chi connectivity index (χ4n) is 1.86. The third-order valence-corrected chi connectivity index (χ3v) is 2.85. The molecule has 0 bridgehead atoms. The highest BCUT2D eigenvalue weighted by Crippen LogP contribution is 2.28. The van der Waals surface area contributed by atoms with E-state index in [1.807, 2.05) is 0 Å². The number of urea groups is 1. The SMILES string of the molecule is CCC(NC(=O)NCCC(=O)O)c1ccccc1OC(F)F. The molecule has 1 rings (SSSR count). The van der Waals surface area contributed by atoms with Crippen LogP contribution in [0.15, 0.2) is 24.3 Å². The van der Waals surface area contributed by atoms with Crippen LogP contribution in [-0.4, -0.2) is 30.3 Å². The maximum atomic E-state index is 12.4. The molecule has 1 atom stereocenters. The number of halogens is 2. The quantitative estimate of drug-likeness (QED) is 0.687. The number of carbonyl (C=O) groups is 2. The van der Waals surface area contributed by atoms with Crippen LogP contribution in [0.2, 0.25) is 0 Å². The molecule has 0 saturated heterocycles. The number of carboxylic acids is 1. The third-order valence-electron chi connectivity index (χ3n) is 2.85. The number of aliphatic carboxylic acids is 1. The number of nitrogens with one attached hydrogen (secondary N) is 2. The van der Waals surface area contributed by atoms with Crippen molar-refractivity contribution in [2.24, 2.45) is 0 Å². The number of alkyl halides is 2. The van der Waals surface area contributed by atoms with E-state index in [0.717, 1.165) is 0 Å². The Hall–Kier alpha value is -2.38. The van der Waals surface area contributed by atoms with E-state index < -0.39 is 24.7 Å². The molecule has 0 aromatic heterocycles. The Balaban J connectivity index is 2.71. The number of ether oxygens (including phenoxy) is 1. The maximum absolute atomic E-state index is 12.4. The zero-order valence-electron chi connectivity index (χ0n) is 12.0. The minimum atomic E-state index is -2.96. The first-order valence-electron chi connectivity index (χ1n) is 6.74. The Morgan fingerprint density at radius 2 is 2.00 bits per heavy atom. The van der Waals surface area contributed by atoms with E-state index in [0.29, 0.717) is 12.0 Å². The summed E-state index contributed by atoms with van der Waals surface area (Å²) in [4.78, 5) is 22.1. The molecule has 1 aromatic rings. The summed E-state index contributed by atoms with van der Waals surface area (Å²) in [6.07, 6.45) is 0.255. The number of amides is 2. The molecule has 0 heterocycles. The monoisotopic (exact) mass is 316 g/mol. The molecule has 122 valence electrons. The predicted octanol–water partition coefficient (Wildman–Crippen LogP) is 2.51. The maximum Gasteiger partial charge on any atom is 0.387 e. The zero-order chi connectivity index (χ0) is 16.5. The number of carboxylic acid groups (broad SMARTS) is 1. The van der Waals surface area contributed by atoms with Gasteiger partial charge in [-0.15, -0.1) is 0 Å². The van der Waals surface area contributed by atoms with Gasteiger partial charge in [-0.05, 0) is 12.5 Å². The highest BCUT2D eigenvalue weighted by atomic mass is 19.3. The van der Waals surface area contributed by atoms with Crippen LogP contribution in [0, 0.1) is 0 Å². The summed E-state index contributed by atoms with van der Waals surface area (Å²) in [5.74, 6) is -1.03. The van der Waals surface area contributed by atoms with Gasteiger partial charge in [0.15, 0.2) is 0 Å². The van der Waals surface area contributed by atoms with Gasteiger partial charge in [-0.1, -0.05) is 25.1 Å². The average molecular weight is 316 g/mol. The van der Waals surface area contributed by atoms with Crippen molar-refractivity contribution >= 4 is 12.0 Å². The van der Waals surface area contributed by atoms with E-state index in [2.05, 4.69) is 15.4 Å². The molecule has 2 amide bonds. The van der Waals surface area contributed by atoms with E-state index >= 15 is 0 Å². The Morgan fingerprint density at radius 1 is 1.32 bits per heavy atom. The topological polar surface area (TPSA) is 87.7 Å². The van der Waals surface area contributed by atoms with Crippen LogP contribution in [0.3, 0.4) is 0 Å². The fraction of sp³-hybridized carbons (Fsp3) is 0.429. The molecule has 0 aliphatic carbocycles. The van der Waals surface area contributed by atoms with Crippen molar-refractivity contribution in [1.29, 1.82) is 0 Å². The lowest BCUT2D eigenvalue weighted by Crippen LogP contribution is -2.38. The first kappa shape index (κ1) is 17.7. The summed E-state index contributed by atoms with van der Waals surface area (Å²) in [5, 5.41) is 13.5. The summed E-state index contributed by atoms with van der Waals surface area (Å²) in [5.41, 5.74) is 0.429. The second kappa shape index (κ2) is 8.81. The van der Waals surface area contributed by atoms with Gasteiger partial charge in [-0.25, -0.2) is 4.79 Å². The van der Waals surface area contributed by atoms with Crippen molar-refractivity contribution in [3.05, 3.63) is 29.8 Å². The largest absolute Gasteiger partial charge is 0.481 e. The van der Waals surface area contributed by atoms with Gasteiger partial charge < -0.3 is 20.5 Å². The number of hydrogen-bond acceptors (Lipinski definition) is 3. The van der Waals surface area contributed by atoms with Gasteiger partial charge in [0, 0.05) is 12.1 Å². The number of benzene rings is 1. The van der Waals surface area contributed by atoms with E-state index in [9.17, 15) is 18.4 Å². The lowest BCUT2D eigenvalue weighted by molar-refractivity contribution is -0.136. The molecule has 8 heteroatoms. The van der Waals surface area contributed by atoms with Gasteiger partial charge in [-0.3, -0.25) is 4.79 Å². The standard InChI is InChI=1S/C14H18F2N2O4/c1-2-10(18-14(21)17-8-7-12(19)20)9-5-3-4-6-11(9)22-13(15)16/h3-6,10,13H,2,7-8H2,1H3,(H,19,20)(H2,17,18,21). The van der Waals surface area contributed by atoms with Crippen LogP contribution in [0.5, 0.6) is 5.75 Å². The minimum Gasteiger partial charge on any atom is -0.481 e. The van der Waals surface area contributed by atoms with Crippen LogP contribution < -0.4 is 15.4 Å². The van der Waals surface area contributed by atoms with Crippen molar-refractivity contribution < 1.29 is 28.2 Å². The van der Waals surface area contributed by atoms with Gasteiger partial charge in [0.25, 0.3) is 0 Å². The van der Waals surface area contributed by atoms with Crippen LogP contribution in [-0.2, 0) is 4.79 Å². The summed E-state index contributed by atoms with van der Waals surface area (Å²) in [6.45, 7) is -1.20. The van der Waals surface area contributed by atoms with Crippen LogP contribution >= 0.6 is 0 Å². The number of rotatable bonds is 8. The zero-order valence-corrected chi connectivity index (χ0v) is 12.0. The number of carbonyl (C=O) groups excluding carboxylic acids is 1. The molecule has 0 aliphatic rings. The Morgan fingerprint density at radius 3 is 2.59 bits per heavy atom. The van der Waals surface area contributed by atoms with E-state index in [4.69, 9.17) is 5.11 Å². The molecule has 0 spiro atoms. The molecule has 1 aromatic carbocycles. The average Bonchev–Trinajstić information content (AvgIpc) is 2.44. The molecule has 0 fully saturated rings. The fourth-order valence-corrected chi connectivity index (χ4v) is 1.86. The molecule has 6 nitrogen and oxygen atoms in total. The van der Waals surface area contributed by atoms with E-state index in [-0.39, 0.29) is 18.7 Å². The molecule has 0 saturated carbocycles. The molecular formula is C14H18F2N2O4. The number of para-hydroxylation sites is 1. The van der Waals surface area contributed by atoms with Crippen molar-refractivity contribution in [3.8, 4) is 5.75 Å². The lowest BCUT2D eigenvalue weighted by atomic mass is 10.0. The minimum absolute atomic E-state index is 0.00446. The molecule has 0 radical (unpaired) electrons. The smallest absolute Gasteiger partial charge is 0.387 e. The van der Waals surface area contributed by atoms with E-state index in [1.54, 1.807) is 25.1 Å². The summed E-state index contributed by atoms with van der Waals surface area (Å²) < 4.78 is 29.2. The highest BCUT2D eigenvalue weighted by molar-refractivity contribution is 5.75. The van der Waals surface area contributed by atoms with Crippen molar-refractivity contribution in [2.75, 3.05) is 6.54 Å². The van der Waals surface area contributed by atoms with Crippen LogP contribution in [0.25, 0.3) is 0 Å².